The number of rotatable bonds is 8. The summed E-state index contributed by atoms with van der Waals surface area (Å²) in [5.74, 6) is -0.251. The average molecular weight is 323 g/mol. The summed E-state index contributed by atoms with van der Waals surface area (Å²) in [5, 5.41) is 2.83. The second-order valence-corrected chi connectivity index (χ2v) is 4.99. The van der Waals surface area contributed by atoms with E-state index in [1.165, 1.54) is 0 Å². The van der Waals surface area contributed by atoms with E-state index in [0.29, 0.717) is 19.8 Å². The summed E-state index contributed by atoms with van der Waals surface area (Å²) in [7, 11) is -3.83. The first kappa shape index (κ1) is 13.6. The van der Waals surface area contributed by atoms with Crippen molar-refractivity contribution in [3.63, 3.8) is 0 Å². The molecule has 0 saturated heterocycles. The summed E-state index contributed by atoms with van der Waals surface area (Å²) in [6, 6.07) is 0. The zero-order chi connectivity index (χ0) is 10.2. The largest absolute Gasteiger partial charge is 0.379 e. The first-order chi connectivity index (χ1) is 6.06. The minimum Gasteiger partial charge on any atom is -0.379 e. The highest BCUT2D eigenvalue weighted by Gasteiger charge is 2.01. The van der Waals surface area contributed by atoms with E-state index in [-0.39, 0.29) is 12.3 Å². The van der Waals surface area contributed by atoms with Crippen molar-refractivity contribution < 1.29 is 17.7 Å². The van der Waals surface area contributed by atoms with Crippen LogP contribution in [0.3, 0.4) is 0 Å². The van der Waals surface area contributed by atoms with Gasteiger partial charge < -0.3 is 10.1 Å². The number of ether oxygens (including phenoxy) is 1. The van der Waals surface area contributed by atoms with Crippen molar-refractivity contribution in [3.8, 4) is 0 Å². The second-order valence-electron chi connectivity index (χ2n) is 2.34. The Morgan fingerprint density at radius 3 is 2.54 bits per heavy atom. The molecule has 0 aliphatic carbocycles. The minimum absolute atomic E-state index is 0.251. The van der Waals surface area contributed by atoms with Crippen molar-refractivity contribution in [2.75, 3.05) is 36.5 Å². The lowest BCUT2D eigenvalue weighted by molar-refractivity contribution is 0.153. The molecule has 0 aliphatic rings. The van der Waals surface area contributed by atoms with Crippen LogP contribution >= 0.6 is 22.6 Å². The van der Waals surface area contributed by atoms with Crippen LogP contribution in [0.4, 0.5) is 0 Å². The first-order valence-electron chi connectivity index (χ1n) is 3.86. The molecule has 0 rings (SSSR count). The smallest absolute Gasteiger partial charge is 0.266 e. The normalized spacial score (nSPS) is 11.8. The van der Waals surface area contributed by atoms with Crippen LogP contribution in [0.15, 0.2) is 0 Å². The molecule has 0 radical (unpaired) electrons. The van der Waals surface area contributed by atoms with Crippen molar-refractivity contribution in [1.82, 2.24) is 5.32 Å². The number of nitrogens with one attached hydrogen (secondary N) is 1. The van der Waals surface area contributed by atoms with Crippen LogP contribution < -0.4 is 5.32 Å². The van der Waals surface area contributed by atoms with Crippen LogP contribution in [0, 0.1) is 0 Å². The van der Waals surface area contributed by atoms with Crippen molar-refractivity contribution in [2.45, 2.75) is 0 Å². The van der Waals surface area contributed by atoms with E-state index >= 15 is 0 Å². The molecule has 13 heavy (non-hydrogen) atoms. The molecular formula is C6H14INO4S. The van der Waals surface area contributed by atoms with Crippen LogP contribution in [-0.2, 0) is 14.9 Å². The summed E-state index contributed by atoms with van der Waals surface area (Å²) in [6.07, 6.45) is 0. The lowest BCUT2D eigenvalue weighted by atomic mass is 10.6. The molecule has 0 aromatic heterocycles. The predicted octanol–water partition coefficient (Wildman–Crippen LogP) is -0.0846. The molecule has 0 spiro atoms. The zero-order valence-electron chi connectivity index (χ0n) is 7.20. The third-order valence-electron chi connectivity index (χ3n) is 1.18. The van der Waals surface area contributed by atoms with E-state index in [2.05, 4.69) is 27.9 Å². The third-order valence-corrected chi connectivity index (χ3v) is 2.34. The van der Waals surface area contributed by atoms with Gasteiger partial charge in [0.05, 0.1) is 19.0 Å². The molecule has 0 amide bonds. The molecule has 0 fully saturated rings. The lowest BCUT2D eigenvalue weighted by Gasteiger charge is -2.03. The van der Waals surface area contributed by atoms with Crippen LogP contribution in [0.1, 0.15) is 0 Å². The van der Waals surface area contributed by atoms with Crippen LogP contribution in [0.25, 0.3) is 0 Å². The highest BCUT2D eigenvalue weighted by atomic mass is 127. The van der Waals surface area contributed by atoms with E-state index in [1.807, 2.05) is 0 Å². The van der Waals surface area contributed by atoms with Gasteiger partial charge in [0.1, 0.15) is 0 Å². The van der Waals surface area contributed by atoms with Gasteiger partial charge in [-0.1, -0.05) is 22.6 Å². The van der Waals surface area contributed by atoms with Gasteiger partial charge in [0.2, 0.25) is 0 Å². The monoisotopic (exact) mass is 323 g/mol. The van der Waals surface area contributed by atoms with Gasteiger partial charge in [-0.2, -0.15) is 8.42 Å². The highest BCUT2D eigenvalue weighted by Crippen LogP contribution is 1.82. The third kappa shape index (κ3) is 12.6. The van der Waals surface area contributed by atoms with Crippen LogP contribution in [0.5, 0.6) is 0 Å². The molecule has 2 N–H and O–H groups in total. The Kier molecular flexibility index (Phi) is 8.26. The maximum Gasteiger partial charge on any atom is 0.266 e. The molecule has 80 valence electrons. The summed E-state index contributed by atoms with van der Waals surface area (Å²) < 4.78 is 34.9. The summed E-state index contributed by atoms with van der Waals surface area (Å²) in [4.78, 5) is 0. The zero-order valence-corrected chi connectivity index (χ0v) is 10.2. The molecule has 5 nitrogen and oxygen atoms in total. The van der Waals surface area contributed by atoms with Crippen molar-refractivity contribution in [2.24, 2.45) is 0 Å². The van der Waals surface area contributed by atoms with Gasteiger partial charge >= 0.3 is 0 Å². The van der Waals surface area contributed by atoms with Gasteiger partial charge in [0.15, 0.2) is 0 Å². The molecular weight excluding hydrogens is 309 g/mol. The SMILES string of the molecule is O=S(=O)(O)CCNCCOCCI. The summed E-state index contributed by atoms with van der Waals surface area (Å²) in [5.41, 5.74) is 0. The maximum absolute atomic E-state index is 10.2. The molecule has 0 saturated carbocycles. The lowest BCUT2D eigenvalue weighted by Crippen LogP contribution is -2.26. The number of hydrogen-bond donors (Lipinski definition) is 2. The number of alkyl halides is 1. The van der Waals surface area contributed by atoms with E-state index in [1.54, 1.807) is 0 Å². The molecule has 7 heteroatoms. The standard InChI is InChI=1S/C6H14INO4S/c7-1-4-12-5-2-8-3-6-13(9,10)11/h8H,1-6H2,(H,9,10,11). The van der Waals surface area contributed by atoms with Crippen LogP contribution in [0.2, 0.25) is 0 Å². The van der Waals surface area contributed by atoms with Gasteiger partial charge in [0, 0.05) is 17.5 Å². The molecule has 0 unspecified atom stereocenters. The number of halogens is 1. The Morgan fingerprint density at radius 2 is 2.00 bits per heavy atom. The minimum atomic E-state index is -3.83. The molecule has 0 aromatic carbocycles. The first-order valence-corrected chi connectivity index (χ1v) is 6.99. The Morgan fingerprint density at radius 1 is 1.31 bits per heavy atom. The van der Waals surface area contributed by atoms with Crippen LogP contribution in [-0.4, -0.2) is 49.5 Å². The van der Waals surface area contributed by atoms with E-state index in [0.717, 1.165) is 4.43 Å². The van der Waals surface area contributed by atoms with Crippen molar-refractivity contribution in [3.05, 3.63) is 0 Å². The Bertz CT molecular complexity index is 207. The molecule has 0 bridgehead atoms. The highest BCUT2D eigenvalue weighted by molar-refractivity contribution is 14.1. The van der Waals surface area contributed by atoms with E-state index in [9.17, 15) is 8.42 Å². The van der Waals surface area contributed by atoms with Crippen molar-refractivity contribution in [1.29, 1.82) is 0 Å². The van der Waals surface area contributed by atoms with E-state index in [4.69, 9.17) is 9.29 Å². The number of hydrogen-bond acceptors (Lipinski definition) is 4. The van der Waals surface area contributed by atoms with Gasteiger partial charge in [-0.3, -0.25) is 4.55 Å². The van der Waals surface area contributed by atoms with Gasteiger partial charge in [-0.05, 0) is 0 Å². The van der Waals surface area contributed by atoms with Gasteiger partial charge in [-0.15, -0.1) is 0 Å². The molecule has 0 heterocycles. The quantitative estimate of drug-likeness (QED) is 0.283. The second kappa shape index (κ2) is 7.92. The van der Waals surface area contributed by atoms with E-state index < -0.39 is 10.1 Å². The fourth-order valence-electron chi connectivity index (χ4n) is 0.627. The Hall–Kier alpha value is 0.560. The van der Waals surface area contributed by atoms with Gasteiger partial charge in [-0.25, -0.2) is 0 Å². The Balaban J connectivity index is 3.09. The average Bonchev–Trinajstić information content (AvgIpc) is 2.01. The molecule has 0 aromatic rings. The van der Waals surface area contributed by atoms with Gasteiger partial charge in [0.25, 0.3) is 10.1 Å². The molecule has 0 atom stereocenters. The summed E-state index contributed by atoms with van der Waals surface area (Å²) >= 11 is 2.21. The summed E-state index contributed by atoms with van der Waals surface area (Å²) in [6.45, 7) is 2.13. The maximum atomic E-state index is 10.2. The van der Waals surface area contributed by atoms with Crippen molar-refractivity contribution >= 4 is 32.7 Å². The predicted molar refractivity (Wildman–Crippen MR) is 59.0 cm³/mol. The molecule has 0 aliphatic heterocycles. The Labute approximate surface area is 92.1 Å². The topological polar surface area (TPSA) is 75.6 Å². The fourth-order valence-corrected chi connectivity index (χ4v) is 1.34. The fraction of sp³-hybridized carbons (Fsp3) is 1.00.